The highest BCUT2D eigenvalue weighted by molar-refractivity contribution is 6.35. The van der Waals surface area contributed by atoms with Crippen LogP contribution in [0.25, 0.3) is 10.9 Å². The summed E-state index contributed by atoms with van der Waals surface area (Å²) in [5.41, 5.74) is 1.67. The first-order valence-corrected chi connectivity index (χ1v) is 6.47. The summed E-state index contributed by atoms with van der Waals surface area (Å²) in [5, 5.41) is 13.5. The Morgan fingerprint density at radius 1 is 1.47 bits per heavy atom. The SMILES string of the molecule is CC(CCC(=O)O)Nc1ccc(Cl)c2ncccc12. The van der Waals surface area contributed by atoms with Gasteiger partial charge in [-0.05, 0) is 37.6 Å². The lowest BCUT2D eigenvalue weighted by Gasteiger charge is -2.16. The predicted molar refractivity (Wildman–Crippen MR) is 76.7 cm³/mol. The molecule has 0 aliphatic carbocycles. The van der Waals surface area contributed by atoms with Crippen LogP contribution >= 0.6 is 11.6 Å². The van der Waals surface area contributed by atoms with E-state index in [0.717, 1.165) is 16.6 Å². The van der Waals surface area contributed by atoms with Crippen LogP contribution in [-0.2, 0) is 4.79 Å². The van der Waals surface area contributed by atoms with Gasteiger partial charge in [-0.1, -0.05) is 11.6 Å². The van der Waals surface area contributed by atoms with Crippen LogP contribution in [-0.4, -0.2) is 22.1 Å². The smallest absolute Gasteiger partial charge is 0.303 e. The molecule has 0 fully saturated rings. The highest BCUT2D eigenvalue weighted by Gasteiger charge is 2.09. The van der Waals surface area contributed by atoms with Gasteiger partial charge in [0, 0.05) is 29.7 Å². The van der Waals surface area contributed by atoms with Crippen LogP contribution in [0.4, 0.5) is 5.69 Å². The normalized spacial score (nSPS) is 12.3. The molecule has 0 spiro atoms. The largest absolute Gasteiger partial charge is 0.481 e. The molecule has 1 aromatic heterocycles. The van der Waals surface area contributed by atoms with Gasteiger partial charge in [0.1, 0.15) is 0 Å². The van der Waals surface area contributed by atoms with Gasteiger partial charge in [0.05, 0.1) is 10.5 Å². The van der Waals surface area contributed by atoms with Gasteiger partial charge < -0.3 is 10.4 Å². The third-order valence-corrected chi connectivity index (χ3v) is 3.22. The zero-order chi connectivity index (χ0) is 13.8. The van der Waals surface area contributed by atoms with E-state index in [1.165, 1.54) is 0 Å². The Kier molecular flexibility index (Phi) is 4.22. The average Bonchev–Trinajstić information content (AvgIpc) is 2.40. The summed E-state index contributed by atoms with van der Waals surface area (Å²) >= 11 is 6.10. The zero-order valence-electron chi connectivity index (χ0n) is 10.6. The number of fused-ring (bicyclic) bond motifs is 1. The standard InChI is InChI=1S/C14H15ClN2O2/c1-9(4-7-13(18)19)17-12-6-5-11(15)14-10(12)3-2-8-16-14/h2-3,5-6,8-9,17H,4,7H2,1H3,(H,18,19). The Morgan fingerprint density at radius 2 is 2.26 bits per heavy atom. The first-order valence-electron chi connectivity index (χ1n) is 6.09. The predicted octanol–water partition coefficient (Wildman–Crippen LogP) is 3.55. The first-order chi connectivity index (χ1) is 9.08. The second-order valence-electron chi connectivity index (χ2n) is 4.47. The number of carboxylic acids is 1. The molecule has 5 heteroatoms. The van der Waals surface area contributed by atoms with Gasteiger partial charge in [-0.3, -0.25) is 9.78 Å². The molecule has 100 valence electrons. The summed E-state index contributed by atoms with van der Waals surface area (Å²) in [6.45, 7) is 1.96. The number of hydrogen-bond acceptors (Lipinski definition) is 3. The van der Waals surface area contributed by atoms with Crippen molar-refractivity contribution in [2.45, 2.75) is 25.8 Å². The van der Waals surface area contributed by atoms with Crippen molar-refractivity contribution in [1.29, 1.82) is 0 Å². The molecule has 2 rings (SSSR count). The van der Waals surface area contributed by atoms with E-state index in [0.29, 0.717) is 11.4 Å². The van der Waals surface area contributed by atoms with Crippen LogP contribution in [0.2, 0.25) is 5.02 Å². The van der Waals surface area contributed by atoms with E-state index in [2.05, 4.69) is 10.3 Å². The second-order valence-corrected chi connectivity index (χ2v) is 4.88. The molecule has 0 bridgehead atoms. The van der Waals surface area contributed by atoms with Crippen molar-refractivity contribution in [3.05, 3.63) is 35.5 Å². The van der Waals surface area contributed by atoms with Crippen molar-refractivity contribution in [2.24, 2.45) is 0 Å². The molecule has 0 aliphatic heterocycles. The van der Waals surface area contributed by atoms with Crippen molar-refractivity contribution < 1.29 is 9.90 Å². The lowest BCUT2D eigenvalue weighted by atomic mass is 10.1. The minimum Gasteiger partial charge on any atom is -0.481 e. The van der Waals surface area contributed by atoms with E-state index < -0.39 is 5.97 Å². The quantitative estimate of drug-likeness (QED) is 0.878. The van der Waals surface area contributed by atoms with Crippen molar-refractivity contribution in [1.82, 2.24) is 4.98 Å². The summed E-state index contributed by atoms with van der Waals surface area (Å²) in [5.74, 6) is -0.781. The van der Waals surface area contributed by atoms with E-state index in [9.17, 15) is 4.79 Å². The highest BCUT2D eigenvalue weighted by atomic mass is 35.5. The number of carboxylic acid groups (broad SMARTS) is 1. The third kappa shape index (κ3) is 3.35. The molecule has 1 atom stereocenters. The van der Waals surface area contributed by atoms with Crippen LogP contribution in [0.15, 0.2) is 30.5 Å². The molecule has 1 aromatic carbocycles. The van der Waals surface area contributed by atoms with Gasteiger partial charge in [-0.15, -0.1) is 0 Å². The fourth-order valence-electron chi connectivity index (χ4n) is 1.94. The van der Waals surface area contributed by atoms with Crippen LogP contribution < -0.4 is 5.32 Å². The Hall–Kier alpha value is -1.81. The van der Waals surface area contributed by atoms with E-state index >= 15 is 0 Å². The summed E-state index contributed by atoms with van der Waals surface area (Å²) in [6.07, 6.45) is 2.42. The minimum atomic E-state index is -0.781. The summed E-state index contributed by atoms with van der Waals surface area (Å²) in [4.78, 5) is 14.8. The van der Waals surface area contributed by atoms with Gasteiger partial charge in [-0.2, -0.15) is 0 Å². The lowest BCUT2D eigenvalue weighted by molar-refractivity contribution is -0.137. The number of halogens is 1. The molecular weight excluding hydrogens is 264 g/mol. The number of hydrogen-bond donors (Lipinski definition) is 2. The maximum atomic E-state index is 10.6. The Morgan fingerprint density at radius 3 is 3.00 bits per heavy atom. The topological polar surface area (TPSA) is 62.2 Å². The van der Waals surface area contributed by atoms with Gasteiger partial charge >= 0.3 is 5.97 Å². The molecule has 1 heterocycles. The number of anilines is 1. The Bertz CT molecular complexity index is 601. The lowest BCUT2D eigenvalue weighted by Crippen LogP contribution is -2.16. The molecule has 2 N–H and O–H groups in total. The van der Waals surface area contributed by atoms with E-state index in [1.807, 2.05) is 25.1 Å². The Balaban J connectivity index is 2.21. The van der Waals surface area contributed by atoms with Crippen LogP contribution in [0.3, 0.4) is 0 Å². The number of rotatable bonds is 5. The van der Waals surface area contributed by atoms with Gasteiger partial charge in [-0.25, -0.2) is 0 Å². The number of aliphatic carboxylic acids is 1. The molecule has 19 heavy (non-hydrogen) atoms. The molecule has 1 unspecified atom stereocenters. The number of aromatic nitrogens is 1. The number of benzene rings is 1. The summed E-state index contributed by atoms with van der Waals surface area (Å²) in [6, 6.07) is 7.56. The molecule has 0 aliphatic rings. The summed E-state index contributed by atoms with van der Waals surface area (Å²) in [7, 11) is 0. The number of carbonyl (C=O) groups is 1. The van der Waals surface area contributed by atoms with Gasteiger partial charge in [0.15, 0.2) is 0 Å². The van der Waals surface area contributed by atoms with Crippen LogP contribution in [0.1, 0.15) is 19.8 Å². The molecule has 0 saturated carbocycles. The maximum absolute atomic E-state index is 10.6. The van der Waals surface area contributed by atoms with Gasteiger partial charge in [0.25, 0.3) is 0 Å². The first kappa shape index (κ1) is 13.6. The van der Waals surface area contributed by atoms with E-state index in [4.69, 9.17) is 16.7 Å². The van der Waals surface area contributed by atoms with Crippen LogP contribution in [0.5, 0.6) is 0 Å². The van der Waals surface area contributed by atoms with Crippen molar-refractivity contribution in [3.8, 4) is 0 Å². The number of nitrogens with zero attached hydrogens (tertiary/aromatic N) is 1. The monoisotopic (exact) mass is 278 g/mol. The van der Waals surface area contributed by atoms with Crippen molar-refractivity contribution >= 4 is 34.2 Å². The van der Waals surface area contributed by atoms with Crippen molar-refractivity contribution in [2.75, 3.05) is 5.32 Å². The third-order valence-electron chi connectivity index (χ3n) is 2.91. The second kappa shape index (κ2) is 5.89. The molecule has 2 aromatic rings. The van der Waals surface area contributed by atoms with Gasteiger partial charge in [0.2, 0.25) is 0 Å². The maximum Gasteiger partial charge on any atom is 0.303 e. The van der Waals surface area contributed by atoms with E-state index in [1.54, 1.807) is 12.3 Å². The fourth-order valence-corrected chi connectivity index (χ4v) is 2.16. The molecule has 0 radical (unpaired) electrons. The molecule has 0 amide bonds. The zero-order valence-corrected chi connectivity index (χ0v) is 11.3. The minimum absolute atomic E-state index is 0.0701. The van der Waals surface area contributed by atoms with E-state index in [-0.39, 0.29) is 12.5 Å². The Labute approximate surface area is 116 Å². The fraction of sp³-hybridized carbons (Fsp3) is 0.286. The number of pyridine rings is 1. The molecule has 0 saturated heterocycles. The highest BCUT2D eigenvalue weighted by Crippen LogP contribution is 2.28. The van der Waals surface area contributed by atoms with Crippen molar-refractivity contribution in [3.63, 3.8) is 0 Å². The molecule has 4 nitrogen and oxygen atoms in total. The molecular formula is C14H15ClN2O2. The number of nitrogens with one attached hydrogen (secondary N) is 1. The van der Waals surface area contributed by atoms with Crippen LogP contribution in [0, 0.1) is 0 Å². The summed E-state index contributed by atoms with van der Waals surface area (Å²) < 4.78 is 0. The average molecular weight is 279 g/mol.